The van der Waals surface area contributed by atoms with Crippen molar-refractivity contribution < 1.29 is 15.0 Å². The molecule has 10 atom stereocenters. The molecular formula is C32H54O3. The minimum Gasteiger partial charge on any atom is -0.481 e. The molecule has 3 heteroatoms. The third kappa shape index (κ3) is 3.88. The zero-order valence-electron chi connectivity index (χ0n) is 24.2. The van der Waals surface area contributed by atoms with Crippen molar-refractivity contribution in [1.82, 2.24) is 0 Å². The molecule has 4 fully saturated rings. The number of allylic oxidation sites excluding steroid dienone is 1. The van der Waals surface area contributed by atoms with E-state index in [-0.39, 0.29) is 22.3 Å². The third-order valence-electron chi connectivity index (χ3n) is 13.1. The molecular weight excluding hydrogens is 432 g/mol. The van der Waals surface area contributed by atoms with Crippen LogP contribution in [0.5, 0.6) is 0 Å². The fraction of sp³-hybridized carbons (Fsp3) is 0.906. The van der Waals surface area contributed by atoms with E-state index >= 15 is 0 Å². The Morgan fingerprint density at radius 3 is 2.17 bits per heavy atom. The quantitative estimate of drug-likeness (QED) is 0.340. The molecule has 0 spiro atoms. The van der Waals surface area contributed by atoms with Crippen molar-refractivity contribution in [3.8, 4) is 0 Å². The summed E-state index contributed by atoms with van der Waals surface area (Å²) in [7, 11) is 0. The minimum atomic E-state index is -0.833. The second-order valence-electron chi connectivity index (χ2n) is 15.3. The van der Waals surface area contributed by atoms with Gasteiger partial charge in [0.05, 0.1) is 6.10 Å². The summed E-state index contributed by atoms with van der Waals surface area (Å²) in [5, 5.41) is 19.4. The zero-order chi connectivity index (χ0) is 26.2. The standard InChI is InChI=1S/C30H50O.C2H4O2/c1-19-10-14-27(5)16-17-29(7)21(24(27)20(19)2)18-22(31)25-28(6)13-9-12-26(3,4)23(28)11-15-30(25,29)8;1-2(3)4/h18-20,22-25,31H,9-17H2,1-8H3;1H3,(H,3,4)/t19-,20+,22+,23?,24?,25?,27-,28+,29-,30-;/m1./s1. The van der Waals surface area contributed by atoms with Gasteiger partial charge in [0, 0.05) is 12.8 Å². The first-order chi connectivity index (χ1) is 16.0. The lowest BCUT2D eigenvalue weighted by Gasteiger charge is -2.72. The fourth-order valence-corrected chi connectivity index (χ4v) is 11.1. The van der Waals surface area contributed by atoms with E-state index in [4.69, 9.17) is 9.90 Å². The molecule has 0 saturated heterocycles. The number of aliphatic hydroxyl groups is 1. The molecule has 0 amide bonds. The van der Waals surface area contributed by atoms with Crippen LogP contribution in [0.3, 0.4) is 0 Å². The Labute approximate surface area is 215 Å². The van der Waals surface area contributed by atoms with Crippen molar-refractivity contribution in [1.29, 1.82) is 0 Å². The lowest BCUT2D eigenvalue weighted by Crippen LogP contribution is -2.66. The van der Waals surface area contributed by atoms with Gasteiger partial charge < -0.3 is 10.2 Å². The summed E-state index contributed by atoms with van der Waals surface area (Å²) in [5.74, 6) is 2.53. The van der Waals surface area contributed by atoms with Crippen molar-refractivity contribution in [2.45, 2.75) is 126 Å². The maximum atomic E-state index is 11.9. The van der Waals surface area contributed by atoms with E-state index < -0.39 is 5.97 Å². The third-order valence-corrected chi connectivity index (χ3v) is 13.1. The molecule has 5 aliphatic rings. The monoisotopic (exact) mass is 486 g/mol. The first kappa shape index (κ1) is 27.2. The number of carboxylic acids is 1. The fourth-order valence-electron chi connectivity index (χ4n) is 11.1. The van der Waals surface area contributed by atoms with E-state index in [0.717, 1.165) is 24.7 Å². The molecule has 5 aliphatic carbocycles. The van der Waals surface area contributed by atoms with Crippen LogP contribution >= 0.6 is 0 Å². The van der Waals surface area contributed by atoms with Gasteiger partial charge in [0.25, 0.3) is 5.97 Å². The van der Waals surface area contributed by atoms with Gasteiger partial charge in [-0.2, -0.15) is 0 Å². The summed E-state index contributed by atoms with van der Waals surface area (Å²) >= 11 is 0. The van der Waals surface area contributed by atoms with E-state index in [1.165, 1.54) is 57.8 Å². The van der Waals surface area contributed by atoms with Gasteiger partial charge in [-0.15, -0.1) is 0 Å². The molecule has 0 bridgehead atoms. The minimum absolute atomic E-state index is 0.219. The number of aliphatic carboxylic acids is 1. The molecule has 5 rings (SSSR count). The van der Waals surface area contributed by atoms with Crippen LogP contribution in [0.15, 0.2) is 11.6 Å². The SMILES string of the molecule is CC(=O)O.C[C@@H]1CC[C@]2(C)CC[C@]3(C)C(=C[C@H](O)C4[C@@]5(C)CCCC(C)(C)C5CC[C@]43C)C2[C@H]1C. The Kier molecular flexibility index (Phi) is 6.69. The second-order valence-corrected chi connectivity index (χ2v) is 15.3. The molecule has 0 heterocycles. The number of fused-ring (bicyclic) bond motifs is 7. The van der Waals surface area contributed by atoms with Crippen molar-refractivity contribution in [2.24, 2.45) is 56.7 Å². The Bertz CT molecular complexity index is 870. The van der Waals surface area contributed by atoms with Crippen molar-refractivity contribution >= 4 is 5.97 Å². The van der Waals surface area contributed by atoms with E-state index in [0.29, 0.717) is 22.7 Å². The largest absolute Gasteiger partial charge is 0.481 e. The van der Waals surface area contributed by atoms with Gasteiger partial charge in [0.2, 0.25) is 0 Å². The molecule has 0 aromatic heterocycles. The predicted octanol–water partition coefficient (Wildman–Crippen LogP) is 8.12. The molecule has 0 aromatic carbocycles. The maximum absolute atomic E-state index is 11.9. The maximum Gasteiger partial charge on any atom is 0.300 e. The highest BCUT2D eigenvalue weighted by Gasteiger charge is 2.69. The lowest BCUT2D eigenvalue weighted by atomic mass is 9.33. The highest BCUT2D eigenvalue weighted by atomic mass is 16.4. The molecule has 4 saturated carbocycles. The first-order valence-electron chi connectivity index (χ1n) is 14.6. The second kappa shape index (κ2) is 8.60. The van der Waals surface area contributed by atoms with Crippen molar-refractivity contribution in [2.75, 3.05) is 0 Å². The van der Waals surface area contributed by atoms with Crippen LogP contribution in [0, 0.1) is 56.7 Å². The van der Waals surface area contributed by atoms with Crippen LogP contribution in [0.25, 0.3) is 0 Å². The Hall–Kier alpha value is -0.830. The average molecular weight is 487 g/mol. The van der Waals surface area contributed by atoms with Crippen LogP contribution in [0.1, 0.15) is 120 Å². The molecule has 35 heavy (non-hydrogen) atoms. The molecule has 200 valence electrons. The molecule has 0 radical (unpaired) electrons. The van der Waals surface area contributed by atoms with Gasteiger partial charge in [-0.25, -0.2) is 0 Å². The summed E-state index contributed by atoms with van der Waals surface area (Å²) in [5.41, 5.74) is 3.28. The van der Waals surface area contributed by atoms with E-state index in [9.17, 15) is 5.11 Å². The summed E-state index contributed by atoms with van der Waals surface area (Å²) in [4.78, 5) is 9.00. The molecule has 2 N–H and O–H groups in total. The van der Waals surface area contributed by atoms with Gasteiger partial charge in [0.15, 0.2) is 0 Å². The van der Waals surface area contributed by atoms with Crippen LogP contribution in [-0.2, 0) is 4.79 Å². The van der Waals surface area contributed by atoms with Gasteiger partial charge in [-0.1, -0.05) is 73.5 Å². The summed E-state index contributed by atoms with van der Waals surface area (Å²) in [6.45, 7) is 21.6. The highest BCUT2D eigenvalue weighted by molar-refractivity contribution is 5.62. The topological polar surface area (TPSA) is 57.5 Å². The number of rotatable bonds is 0. The van der Waals surface area contributed by atoms with Gasteiger partial charge in [-0.3, -0.25) is 4.79 Å². The Morgan fingerprint density at radius 2 is 1.54 bits per heavy atom. The van der Waals surface area contributed by atoms with Crippen LogP contribution in [0.2, 0.25) is 0 Å². The van der Waals surface area contributed by atoms with E-state index in [1.807, 2.05) is 0 Å². The number of carboxylic acid groups (broad SMARTS) is 1. The Balaban J connectivity index is 0.000000672. The van der Waals surface area contributed by atoms with Gasteiger partial charge >= 0.3 is 0 Å². The van der Waals surface area contributed by atoms with Crippen LogP contribution < -0.4 is 0 Å². The smallest absolute Gasteiger partial charge is 0.300 e. The number of carbonyl (C=O) groups is 1. The van der Waals surface area contributed by atoms with Gasteiger partial charge in [0.1, 0.15) is 0 Å². The first-order valence-corrected chi connectivity index (χ1v) is 14.6. The normalized spacial score (nSPS) is 52.3. The zero-order valence-corrected chi connectivity index (χ0v) is 24.2. The average Bonchev–Trinajstić information content (AvgIpc) is 2.71. The molecule has 0 aromatic rings. The number of aliphatic hydroxyl groups excluding tert-OH is 1. The van der Waals surface area contributed by atoms with Crippen molar-refractivity contribution in [3.63, 3.8) is 0 Å². The highest BCUT2D eigenvalue weighted by Crippen LogP contribution is 2.75. The predicted molar refractivity (Wildman–Crippen MR) is 144 cm³/mol. The van der Waals surface area contributed by atoms with E-state index in [1.54, 1.807) is 5.57 Å². The van der Waals surface area contributed by atoms with E-state index in [2.05, 4.69) is 61.5 Å². The Morgan fingerprint density at radius 1 is 0.914 bits per heavy atom. The summed E-state index contributed by atoms with van der Waals surface area (Å²) in [6, 6.07) is 0. The molecule has 0 aliphatic heterocycles. The van der Waals surface area contributed by atoms with Crippen LogP contribution in [0.4, 0.5) is 0 Å². The number of hydrogen-bond donors (Lipinski definition) is 2. The lowest BCUT2D eigenvalue weighted by molar-refractivity contribution is -0.207. The van der Waals surface area contributed by atoms with Crippen molar-refractivity contribution in [3.05, 3.63) is 11.6 Å². The summed E-state index contributed by atoms with van der Waals surface area (Å²) < 4.78 is 0. The molecule has 3 nitrogen and oxygen atoms in total. The van der Waals surface area contributed by atoms with Gasteiger partial charge in [-0.05, 0) is 102 Å². The van der Waals surface area contributed by atoms with Crippen LogP contribution in [-0.4, -0.2) is 22.3 Å². The molecule has 3 unspecified atom stereocenters. The summed E-state index contributed by atoms with van der Waals surface area (Å²) in [6.07, 6.45) is 14.3. The number of hydrogen-bond acceptors (Lipinski definition) is 2.